The average Bonchev–Trinajstić information content (AvgIpc) is 2.44. The second-order valence-corrected chi connectivity index (χ2v) is 5.22. The highest BCUT2D eigenvalue weighted by molar-refractivity contribution is 7.98. The molecule has 0 aliphatic heterocycles. The Hall–Kier alpha value is -1.73. The standard InChI is InChI=1S/C13H20N4O2S/c1-20-7-6-11(12(15)18)17-13(19)16-10-4-2-9(8-14)3-5-10/h2-5,11H,6-8,14H2,1H3,(H2,15,18)(H2,16,17,19)/t11-/m0/s1. The first-order valence-corrected chi connectivity index (χ1v) is 7.61. The van der Waals surface area contributed by atoms with Gasteiger partial charge in [0.1, 0.15) is 6.04 Å². The molecule has 110 valence electrons. The topological polar surface area (TPSA) is 110 Å². The summed E-state index contributed by atoms with van der Waals surface area (Å²) in [7, 11) is 0. The van der Waals surface area contributed by atoms with Gasteiger partial charge in [-0.2, -0.15) is 11.8 Å². The number of hydrogen-bond donors (Lipinski definition) is 4. The highest BCUT2D eigenvalue weighted by Crippen LogP contribution is 2.09. The number of thioether (sulfide) groups is 1. The molecule has 0 heterocycles. The van der Waals surface area contributed by atoms with Crippen LogP contribution in [0.5, 0.6) is 0 Å². The molecule has 1 rings (SSSR count). The van der Waals surface area contributed by atoms with Gasteiger partial charge in [0.15, 0.2) is 0 Å². The molecule has 0 saturated carbocycles. The van der Waals surface area contributed by atoms with Crippen LogP contribution in [0.25, 0.3) is 0 Å². The summed E-state index contributed by atoms with van der Waals surface area (Å²) in [6.45, 7) is 0.449. The van der Waals surface area contributed by atoms with Gasteiger partial charge in [0.2, 0.25) is 5.91 Å². The second-order valence-electron chi connectivity index (χ2n) is 4.24. The minimum absolute atomic E-state index is 0.449. The highest BCUT2D eigenvalue weighted by atomic mass is 32.2. The molecule has 1 atom stereocenters. The molecule has 1 aromatic rings. The van der Waals surface area contributed by atoms with Crippen LogP contribution in [0.2, 0.25) is 0 Å². The highest BCUT2D eigenvalue weighted by Gasteiger charge is 2.17. The van der Waals surface area contributed by atoms with Crippen molar-refractivity contribution in [1.29, 1.82) is 0 Å². The maximum absolute atomic E-state index is 11.8. The lowest BCUT2D eigenvalue weighted by molar-refractivity contribution is -0.119. The number of hydrogen-bond acceptors (Lipinski definition) is 4. The van der Waals surface area contributed by atoms with Gasteiger partial charge in [0, 0.05) is 12.2 Å². The summed E-state index contributed by atoms with van der Waals surface area (Å²) in [5.74, 6) is 0.215. The normalized spacial score (nSPS) is 11.7. The third-order valence-electron chi connectivity index (χ3n) is 2.71. The van der Waals surface area contributed by atoms with Crippen LogP contribution in [0.4, 0.5) is 10.5 Å². The van der Waals surface area contributed by atoms with E-state index in [1.807, 2.05) is 18.4 Å². The van der Waals surface area contributed by atoms with Crippen molar-refractivity contribution >= 4 is 29.4 Å². The van der Waals surface area contributed by atoms with Crippen LogP contribution in [0.15, 0.2) is 24.3 Å². The molecule has 3 amide bonds. The van der Waals surface area contributed by atoms with Crippen molar-refractivity contribution < 1.29 is 9.59 Å². The SMILES string of the molecule is CSCC[C@H](NC(=O)Nc1ccc(CN)cc1)C(N)=O. The summed E-state index contributed by atoms with van der Waals surface area (Å²) in [6, 6.07) is 6.05. The van der Waals surface area contributed by atoms with Crippen LogP contribution < -0.4 is 22.1 Å². The first-order chi connectivity index (χ1) is 9.56. The summed E-state index contributed by atoms with van der Waals surface area (Å²) < 4.78 is 0. The molecule has 0 saturated heterocycles. The van der Waals surface area contributed by atoms with Crippen LogP contribution in [-0.2, 0) is 11.3 Å². The molecule has 6 N–H and O–H groups in total. The predicted molar refractivity (Wildman–Crippen MR) is 82.5 cm³/mol. The number of rotatable bonds is 7. The van der Waals surface area contributed by atoms with Gasteiger partial charge < -0.3 is 22.1 Å². The zero-order chi connectivity index (χ0) is 15.0. The molecule has 7 heteroatoms. The quantitative estimate of drug-likeness (QED) is 0.598. The second kappa shape index (κ2) is 8.44. The molecule has 0 radical (unpaired) electrons. The number of primary amides is 1. The third-order valence-corrected chi connectivity index (χ3v) is 3.35. The van der Waals surface area contributed by atoms with Crippen LogP contribution in [0, 0.1) is 0 Å². The fraction of sp³-hybridized carbons (Fsp3) is 0.385. The molecule has 0 unspecified atom stereocenters. The molecule has 0 bridgehead atoms. The Kier molecular flexibility index (Phi) is 6.89. The van der Waals surface area contributed by atoms with Crippen molar-refractivity contribution in [3.63, 3.8) is 0 Å². The van der Waals surface area contributed by atoms with Crippen LogP contribution >= 0.6 is 11.8 Å². The van der Waals surface area contributed by atoms with Crippen molar-refractivity contribution in [2.24, 2.45) is 11.5 Å². The Morgan fingerprint density at radius 1 is 1.30 bits per heavy atom. The molecule has 1 aromatic carbocycles. The average molecular weight is 296 g/mol. The maximum Gasteiger partial charge on any atom is 0.319 e. The van der Waals surface area contributed by atoms with E-state index in [1.165, 1.54) is 0 Å². The lowest BCUT2D eigenvalue weighted by atomic mass is 10.2. The van der Waals surface area contributed by atoms with Crippen molar-refractivity contribution in [2.45, 2.75) is 19.0 Å². The lowest BCUT2D eigenvalue weighted by Gasteiger charge is -2.15. The van der Waals surface area contributed by atoms with E-state index >= 15 is 0 Å². The number of urea groups is 1. The number of nitrogens with two attached hydrogens (primary N) is 2. The zero-order valence-electron chi connectivity index (χ0n) is 11.4. The number of anilines is 1. The van der Waals surface area contributed by atoms with Crippen molar-refractivity contribution in [1.82, 2.24) is 5.32 Å². The molecular weight excluding hydrogens is 276 g/mol. The number of carbonyl (C=O) groups excluding carboxylic acids is 2. The predicted octanol–water partition coefficient (Wildman–Crippen LogP) is 0.874. The van der Waals surface area contributed by atoms with Gasteiger partial charge in [-0.15, -0.1) is 0 Å². The maximum atomic E-state index is 11.8. The third kappa shape index (κ3) is 5.50. The van der Waals surface area contributed by atoms with Gasteiger partial charge in [0.05, 0.1) is 0 Å². The molecular formula is C13H20N4O2S. The Balaban J connectivity index is 2.53. The Labute approximate surface area is 122 Å². The smallest absolute Gasteiger partial charge is 0.319 e. The summed E-state index contributed by atoms with van der Waals surface area (Å²) in [4.78, 5) is 23.0. The van der Waals surface area contributed by atoms with Crippen molar-refractivity contribution in [2.75, 3.05) is 17.3 Å². The summed E-state index contributed by atoms with van der Waals surface area (Å²) in [5.41, 5.74) is 12.4. The molecule has 0 fully saturated rings. The van der Waals surface area contributed by atoms with Gasteiger partial charge >= 0.3 is 6.03 Å². The number of nitrogens with one attached hydrogen (secondary N) is 2. The van der Waals surface area contributed by atoms with Gasteiger partial charge in [-0.25, -0.2) is 4.79 Å². The minimum atomic E-state index is -0.661. The largest absolute Gasteiger partial charge is 0.368 e. The minimum Gasteiger partial charge on any atom is -0.368 e. The van der Waals surface area contributed by atoms with Crippen LogP contribution in [0.3, 0.4) is 0 Å². The van der Waals surface area contributed by atoms with Crippen LogP contribution in [0.1, 0.15) is 12.0 Å². The zero-order valence-corrected chi connectivity index (χ0v) is 12.2. The van der Waals surface area contributed by atoms with Gasteiger partial charge in [0.25, 0.3) is 0 Å². The molecule has 6 nitrogen and oxygen atoms in total. The fourth-order valence-electron chi connectivity index (χ4n) is 1.57. The van der Waals surface area contributed by atoms with Crippen LogP contribution in [-0.4, -0.2) is 30.0 Å². The first-order valence-electron chi connectivity index (χ1n) is 6.21. The van der Waals surface area contributed by atoms with E-state index in [2.05, 4.69) is 10.6 Å². The summed E-state index contributed by atoms with van der Waals surface area (Å²) >= 11 is 1.59. The molecule has 20 heavy (non-hydrogen) atoms. The Bertz CT molecular complexity index is 450. The lowest BCUT2D eigenvalue weighted by Crippen LogP contribution is -2.46. The first kappa shape index (κ1) is 16.3. The monoisotopic (exact) mass is 296 g/mol. The molecule has 0 aromatic heterocycles. The number of carbonyl (C=O) groups is 2. The van der Waals surface area contributed by atoms with Crippen molar-refractivity contribution in [3.8, 4) is 0 Å². The molecule has 0 spiro atoms. The Morgan fingerprint density at radius 2 is 1.95 bits per heavy atom. The Morgan fingerprint density at radius 3 is 2.45 bits per heavy atom. The van der Waals surface area contributed by atoms with E-state index in [-0.39, 0.29) is 0 Å². The van der Waals surface area contributed by atoms with Gasteiger partial charge in [-0.1, -0.05) is 12.1 Å². The van der Waals surface area contributed by atoms with E-state index in [1.54, 1.807) is 23.9 Å². The summed E-state index contributed by atoms with van der Waals surface area (Å²) in [5, 5.41) is 5.22. The van der Waals surface area contributed by atoms with Crippen molar-refractivity contribution in [3.05, 3.63) is 29.8 Å². The van der Waals surface area contributed by atoms with Gasteiger partial charge in [-0.3, -0.25) is 4.79 Å². The van der Waals surface area contributed by atoms with E-state index < -0.39 is 18.0 Å². The molecule has 0 aliphatic carbocycles. The van der Waals surface area contributed by atoms with E-state index in [9.17, 15) is 9.59 Å². The van der Waals surface area contributed by atoms with E-state index in [0.717, 1.165) is 11.3 Å². The molecule has 0 aliphatic rings. The summed E-state index contributed by atoms with van der Waals surface area (Å²) in [6.07, 6.45) is 2.44. The number of benzene rings is 1. The van der Waals surface area contributed by atoms with Gasteiger partial charge in [-0.05, 0) is 36.1 Å². The van der Waals surface area contributed by atoms with E-state index in [4.69, 9.17) is 11.5 Å². The fourth-order valence-corrected chi connectivity index (χ4v) is 2.04. The number of amides is 3. The van der Waals surface area contributed by atoms with E-state index in [0.29, 0.717) is 18.7 Å².